The van der Waals surface area contributed by atoms with Crippen LogP contribution in [0.1, 0.15) is 17.9 Å². The molecular weight excluding hydrogens is 425 g/mol. The highest BCUT2D eigenvalue weighted by molar-refractivity contribution is 5.58. The number of rotatable bonds is 6. The molecule has 0 bridgehead atoms. The summed E-state index contributed by atoms with van der Waals surface area (Å²) in [5.41, 5.74) is 2.26. The fourth-order valence-electron chi connectivity index (χ4n) is 4.03. The zero-order chi connectivity index (χ0) is 22.8. The van der Waals surface area contributed by atoms with Gasteiger partial charge in [-0.05, 0) is 61.0 Å². The van der Waals surface area contributed by atoms with Crippen LogP contribution in [0.4, 0.5) is 10.2 Å². The van der Waals surface area contributed by atoms with Crippen molar-refractivity contribution in [1.29, 1.82) is 0 Å². The first-order valence-corrected chi connectivity index (χ1v) is 10.5. The minimum Gasteiger partial charge on any atom is -0.497 e. The van der Waals surface area contributed by atoms with E-state index in [2.05, 4.69) is 25.2 Å². The molecule has 8 nitrogen and oxygen atoms in total. The number of hydrogen-bond acceptors (Lipinski definition) is 8. The zero-order valence-corrected chi connectivity index (χ0v) is 18.2. The van der Waals surface area contributed by atoms with Gasteiger partial charge in [-0.3, -0.25) is 0 Å². The van der Waals surface area contributed by atoms with Gasteiger partial charge in [0.2, 0.25) is 5.82 Å². The molecule has 0 aliphatic carbocycles. The topological polar surface area (TPSA) is 86.4 Å². The van der Waals surface area contributed by atoms with Gasteiger partial charge in [-0.1, -0.05) is 5.16 Å². The second-order valence-electron chi connectivity index (χ2n) is 7.75. The molecule has 1 aliphatic heterocycles. The molecule has 1 atom stereocenters. The average molecular weight is 447 g/mol. The van der Waals surface area contributed by atoms with Crippen molar-refractivity contribution in [3.8, 4) is 34.5 Å². The van der Waals surface area contributed by atoms with E-state index in [1.54, 1.807) is 26.4 Å². The van der Waals surface area contributed by atoms with E-state index in [0.29, 0.717) is 23.0 Å². The van der Waals surface area contributed by atoms with Crippen LogP contribution in [0.15, 0.2) is 59.1 Å². The highest BCUT2D eigenvalue weighted by Crippen LogP contribution is 2.37. The van der Waals surface area contributed by atoms with Crippen LogP contribution < -0.4 is 14.4 Å². The summed E-state index contributed by atoms with van der Waals surface area (Å²) in [5.74, 6) is 3.05. The SMILES string of the molecule is COc1ccc(OC)c(C2CCN(c3ccc(-c4nc(-c5ccc(F)cc5)no4)nn3)C2)c1. The number of halogens is 1. The van der Waals surface area contributed by atoms with Crippen LogP contribution >= 0.6 is 0 Å². The van der Waals surface area contributed by atoms with E-state index < -0.39 is 0 Å². The summed E-state index contributed by atoms with van der Waals surface area (Å²) >= 11 is 0. The molecule has 0 spiro atoms. The van der Waals surface area contributed by atoms with E-state index in [-0.39, 0.29) is 11.7 Å². The van der Waals surface area contributed by atoms with Crippen LogP contribution in [0.2, 0.25) is 0 Å². The molecule has 0 radical (unpaired) electrons. The van der Waals surface area contributed by atoms with Gasteiger partial charge in [0.15, 0.2) is 11.5 Å². The van der Waals surface area contributed by atoms with Crippen LogP contribution in [0.25, 0.3) is 23.0 Å². The first-order valence-electron chi connectivity index (χ1n) is 10.5. The zero-order valence-electron chi connectivity index (χ0n) is 18.2. The molecule has 3 heterocycles. The number of aromatic nitrogens is 4. The maximum absolute atomic E-state index is 13.1. The lowest BCUT2D eigenvalue weighted by molar-refractivity contribution is 0.396. The minimum atomic E-state index is -0.321. The Morgan fingerprint density at radius 3 is 2.58 bits per heavy atom. The van der Waals surface area contributed by atoms with E-state index in [4.69, 9.17) is 14.0 Å². The number of hydrogen-bond donors (Lipinski definition) is 0. The number of nitrogens with zero attached hydrogens (tertiary/aromatic N) is 5. The quantitative estimate of drug-likeness (QED) is 0.431. The molecular formula is C24H22FN5O3. The van der Waals surface area contributed by atoms with Gasteiger partial charge in [-0.15, -0.1) is 10.2 Å². The highest BCUT2D eigenvalue weighted by atomic mass is 19.1. The lowest BCUT2D eigenvalue weighted by Crippen LogP contribution is -2.20. The summed E-state index contributed by atoms with van der Waals surface area (Å²) < 4.78 is 29.4. The largest absolute Gasteiger partial charge is 0.497 e. The number of methoxy groups -OCH3 is 2. The first kappa shape index (κ1) is 20.9. The summed E-state index contributed by atoms with van der Waals surface area (Å²) in [6, 6.07) is 15.5. The van der Waals surface area contributed by atoms with E-state index in [9.17, 15) is 4.39 Å². The highest BCUT2D eigenvalue weighted by Gasteiger charge is 2.28. The molecule has 0 N–H and O–H groups in total. The van der Waals surface area contributed by atoms with Crippen LogP contribution in [-0.2, 0) is 0 Å². The minimum absolute atomic E-state index is 0.258. The summed E-state index contributed by atoms with van der Waals surface area (Å²) in [6.07, 6.45) is 0.970. The molecule has 2 aromatic carbocycles. The van der Waals surface area contributed by atoms with Crippen molar-refractivity contribution in [2.24, 2.45) is 0 Å². The molecule has 0 amide bonds. The Kier molecular flexibility index (Phi) is 5.60. The maximum Gasteiger partial charge on any atom is 0.278 e. The smallest absolute Gasteiger partial charge is 0.278 e. The maximum atomic E-state index is 13.1. The molecule has 1 unspecified atom stereocenters. The average Bonchev–Trinajstić information content (AvgIpc) is 3.55. The van der Waals surface area contributed by atoms with Gasteiger partial charge in [-0.25, -0.2) is 4.39 Å². The van der Waals surface area contributed by atoms with Gasteiger partial charge in [0.25, 0.3) is 5.89 Å². The van der Waals surface area contributed by atoms with Crippen molar-refractivity contribution in [2.45, 2.75) is 12.3 Å². The van der Waals surface area contributed by atoms with Gasteiger partial charge in [0.1, 0.15) is 17.3 Å². The van der Waals surface area contributed by atoms with Gasteiger partial charge < -0.3 is 18.9 Å². The van der Waals surface area contributed by atoms with Crippen molar-refractivity contribution < 1.29 is 18.4 Å². The van der Waals surface area contributed by atoms with Gasteiger partial charge in [0, 0.05) is 30.1 Å². The third-order valence-corrected chi connectivity index (χ3v) is 5.79. The molecule has 0 saturated carbocycles. The second-order valence-corrected chi connectivity index (χ2v) is 7.75. The summed E-state index contributed by atoms with van der Waals surface area (Å²) in [4.78, 5) is 6.55. The monoisotopic (exact) mass is 447 g/mol. The Morgan fingerprint density at radius 2 is 1.85 bits per heavy atom. The normalized spacial score (nSPS) is 15.6. The van der Waals surface area contributed by atoms with Crippen LogP contribution in [0.5, 0.6) is 11.5 Å². The molecule has 4 aromatic rings. The van der Waals surface area contributed by atoms with Crippen molar-refractivity contribution >= 4 is 5.82 Å². The Labute approximate surface area is 190 Å². The predicted octanol–water partition coefficient (Wildman–Crippen LogP) is 4.34. The van der Waals surface area contributed by atoms with Crippen LogP contribution in [0.3, 0.4) is 0 Å². The number of ether oxygens (including phenoxy) is 2. The first-order chi connectivity index (χ1) is 16.1. The van der Waals surface area contributed by atoms with Crippen molar-refractivity contribution in [1.82, 2.24) is 20.3 Å². The molecule has 1 saturated heterocycles. The molecule has 5 rings (SSSR count). The Bertz CT molecular complexity index is 1240. The van der Waals surface area contributed by atoms with E-state index in [1.807, 2.05) is 30.3 Å². The Hall–Kier alpha value is -4.01. The fraction of sp³-hybridized carbons (Fsp3) is 0.250. The van der Waals surface area contributed by atoms with Crippen LogP contribution in [-0.4, -0.2) is 47.6 Å². The second kappa shape index (κ2) is 8.85. The molecule has 33 heavy (non-hydrogen) atoms. The van der Waals surface area contributed by atoms with Crippen molar-refractivity contribution in [2.75, 3.05) is 32.2 Å². The lowest BCUT2D eigenvalue weighted by Gasteiger charge is -2.18. The lowest BCUT2D eigenvalue weighted by atomic mass is 9.97. The Morgan fingerprint density at radius 1 is 1.00 bits per heavy atom. The standard InChI is InChI=1S/C24H22FN5O3/c1-31-18-7-9-21(32-2)19(13-18)16-11-12-30(14-16)22-10-8-20(27-28-22)24-26-23(29-33-24)15-3-5-17(25)6-4-15/h3-10,13,16H,11-12,14H2,1-2H3. The van der Waals surface area contributed by atoms with Gasteiger partial charge in [0.05, 0.1) is 14.2 Å². The number of benzene rings is 2. The van der Waals surface area contributed by atoms with Crippen LogP contribution in [0, 0.1) is 5.82 Å². The summed E-state index contributed by atoms with van der Waals surface area (Å²) in [7, 11) is 3.34. The van der Waals surface area contributed by atoms with Crippen molar-refractivity contribution in [3.05, 3.63) is 66.0 Å². The fourth-order valence-corrected chi connectivity index (χ4v) is 4.03. The summed E-state index contributed by atoms with van der Waals surface area (Å²) in [6.45, 7) is 1.65. The number of anilines is 1. The molecule has 2 aromatic heterocycles. The third kappa shape index (κ3) is 4.21. The Balaban J connectivity index is 1.30. The van der Waals surface area contributed by atoms with E-state index in [1.165, 1.54) is 12.1 Å². The predicted molar refractivity (Wildman–Crippen MR) is 120 cm³/mol. The van der Waals surface area contributed by atoms with Crippen molar-refractivity contribution in [3.63, 3.8) is 0 Å². The third-order valence-electron chi connectivity index (χ3n) is 5.79. The molecule has 1 fully saturated rings. The molecule has 168 valence electrons. The summed E-state index contributed by atoms with van der Waals surface area (Å²) in [5, 5.41) is 12.6. The molecule has 9 heteroatoms. The molecule has 1 aliphatic rings. The van der Waals surface area contributed by atoms with Gasteiger partial charge in [-0.2, -0.15) is 4.98 Å². The van der Waals surface area contributed by atoms with E-state index >= 15 is 0 Å². The van der Waals surface area contributed by atoms with E-state index in [0.717, 1.165) is 42.4 Å². The van der Waals surface area contributed by atoms with Gasteiger partial charge >= 0.3 is 0 Å².